The minimum atomic E-state index is -1.56. The topological polar surface area (TPSA) is 27.8 Å². The van der Waals surface area contributed by atoms with E-state index in [0.717, 1.165) is 19.4 Å². The summed E-state index contributed by atoms with van der Waals surface area (Å²) in [7, 11) is 0. The second-order valence-electron chi connectivity index (χ2n) is 4.16. The Labute approximate surface area is 96.7 Å². The average molecular weight is 220 g/mol. The van der Waals surface area contributed by atoms with Crippen molar-refractivity contribution in [2.75, 3.05) is 6.54 Å². The minimum absolute atomic E-state index is 0.240. The number of benzene rings is 1. The number of aromatic nitrogens is 1. The van der Waals surface area contributed by atoms with Crippen LogP contribution in [0.2, 0.25) is 0 Å². The molecule has 2 nitrogen and oxygen atoms in total. The molecule has 1 aliphatic heterocycles. The quantitative estimate of drug-likeness (QED) is 0.800. The van der Waals surface area contributed by atoms with Crippen molar-refractivity contribution in [2.24, 2.45) is 0 Å². The zero-order chi connectivity index (χ0) is 12.8. The van der Waals surface area contributed by atoms with E-state index in [2.05, 4.69) is 10.3 Å². The maximum atomic E-state index is 13.9. The number of halogens is 1. The van der Waals surface area contributed by atoms with Crippen LogP contribution in [0.25, 0.3) is 10.9 Å². The minimum Gasteiger partial charge on any atom is -0.361 e. The van der Waals surface area contributed by atoms with Crippen molar-refractivity contribution in [3.8, 4) is 0 Å². The lowest BCUT2D eigenvalue weighted by Crippen LogP contribution is -2.23. The van der Waals surface area contributed by atoms with E-state index in [1.54, 1.807) is 18.3 Å². The van der Waals surface area contributed by atoms with Gasteiger partial charge in [-0.1, -0.05) is 6.07 Å². The molecule has 0 amide bonds. The third-order valence-electron chi connectivity index (χ3n) is 3.05. The monoisotopic (exact) mass is 220 g/mol. The van der Waals surface area contributed by atoms with Crippen molar-refractivity contribution < 1.29 is 7.13 Å². The van der Waals surface area contributed by atoms with Gasteiger partial charge in [0.25, 0.3) is 0 Å². The first-order valence-corrected chi connectivity index (χ1v) is 5.60. The molecule has 16 heavy (non-hydrogen) atoms. The Balaban J connectivity index is 2.13. The highest BCUT2D eigenvalue weighted by Gasteiger charge is 2.17. The fraction of sp³-hybridized carbons (Fsp3) is 0.385. The highest BCUT2D eigenvalue weighted by Crippen LogP contribution is 2.24. The van der Waals surface area contributed by atoms with E-state index in [9.17, 15) is 4.39 Å². The van der Waals surface area contributed by atoms with E-state index >= 15 is 0 Å². The second-order valence-corrected chi connectivity index (χ2v) is 4.16. The molecule has 1 aromatic heterocycles. The molecule has 2 N–H and O–H groups in total. The highest BCUT2D eigenvalue weighted by molar-refractivity contribution is 5.83. The normalized spacial score (nSPS) is 23.4. The molecule has 0 unspecified atom stereocenters. The molecule has 2 heterocycles. The van der Waals surface area contributed by atoms with Crippen molar-refractivity contribution in [3.63, 3.8) is 0 Å². The zero-order valence-electron chi connectivity index (χ0n) is 10.9. The first-order chi connectivity index (χ1) is 8.60. The van der Waals surface area contributed by atoms with E-state index in [1.165, 1.54) is 6.07 Å². The zero-order valence-corrected chi connectivity index (χ0v) is 8.89. The van der Waals surface area contributed by atoms with Crippen molar-refractivity contribution in [1.82, 2.24) is 10.3 Å². The van der Waals surface area contributed by atoms with Gasteiger partial charge in [0.2, 0.25) is 0 Å². The molecule has 1 saturated heterocycles. The summed E-state index contributed by atoms with van der Waals surface area (Å²) in [5.41, 5.74) is 1.06. The molecule has 1 aromatic carbocycles. The SMILES string of the molecule is [2H]C([2H])(c1c[nH]c2cccc(F)c12)[C@H]1CCCN1. The molecule has 3 rings (SSSR count). The number of hydrogen-bond donors (Lipinski definition) is 2. The molecule has 3 heteroatoms. The van der Waals surface area contributed by atoms with Crippen LogP contribution < -0.4 is 5.32 Å². The first-order valence-electron chi connectivity index (χ1n) is 6.60. The number of nitrogens with one attached hydrogen (secondary N) is 2. The summed E-state index contributed by atoms with van der Waals surface area (Å²) in [6.45, 7) is 0.828. The van der Waals surface area contributed by atoms with Crippen molar-refractivity contribution in [3.05, 3.63) is 35.8 Å². The predicted molar refractivity (Wildman–Crippen MR) is 63.0 cm³/mol. The molecule has 1 fully saturated rings. The maximum absolute atomic E-state index is 13.9. The summed E-state index contributed by atoms with van der Waals surface area (Å²) in [6.07, 6.45) is 1.79. The Morgan fingerprint density at radius 1 is 1.50 bits per heavy atom. The van der Waals surface area contributed by atoms with Gasteiger partial charge < -0.3 is 10.3 Å². The van der Waals surface area contributed by atoms with Crippen LogP contribution in [-0.4, -0.2) is 17.6 Å². The lowest BCUT2D eigenvalue weighted by atomic mass is 10.0. The van der Waals surface area contributed by atoms with Gasteiger partial charge in [-0.2, -0.15) is 0 Å². The Bertz CT molecular complexity index is 573. The molecule has 0 bridgehead atoms. The molecule has 0 radical (unpaired) electrons. The summed E-state index contributed by atoms with van der Waals surface area (Å²) >= 11 is 0. The highest BCUT2D eigenvalue weighted by atomic mass is 19.1. The largest absolute Gasteiger partial charge is 0.361 e. The van der Waals surface area contributed by atoms with Gasteiger partial charge in [-0.05, 0) is 43.5 Å². The third-order valence-corrected chi connectivity index (χ3v) is 3.05. The van der Waals surface area contributed by atoms with E-state index in [0.29, 0.717) is 16.5 Å². The lowest BCUT2D eigenvalue weighted by molar-refractivity contribution is 0.601. The van der Waals surface area contributed by atoms with Gasteiger partial charge in [0, 0.05) is 25.9 Å². The van der Waals surface area contributed by atoms with Gasteiger partial charge in [-0.25, -0.2) is 4.39 Å². The standard InChI is InChI=1S/C13H15FN2/c14-11-4-1-5-12-13(11)9(8-16-12)7-10-3-2-6-15-10/h1,4-5,8,10,15-16H,2-3,6-7H2/t10-/m1/s1/i7D2. The lowest BCUT2D eigenvalue weighted by Gasteiger charge is -2.08. The number of rotatable bonds is 2. The van der Waals surface area contributed by atoms with Crippen LogP contribution in [0.5, 0.6) is 0 Å². The van der Waals surface area contributed by atoms with Gasteiger partial charge in [-0.15, -0.1) is 0 Å². The molecule has 0 saturated carbocycles. The van der Waals surface area contributed by atoms with Gasteiger partial charge in [0.05, 0.1) is 0 Å². The number of aromatic amines is 1. The summed E-state index contributed by atoms with van der Waals surface area (Å²) < 4.78 is 30.4. The number of fused-ring (bicyclic) bond motifs is 1. The summed E-state index contributed by atoms with van der Waals surface area (Å²) in [5.74, 6) is -0.370. The van der Waals surface area contributed by atoms with Crippen LogP contribution in [0, 0.1) is 5.82 Å². The summed E-state index contributed by atoms with van der Waals surface area (Å²) in [5, 5.41) is 3.53. The van der Waals surface area contributed by atoms with Crippen molar-refractivity contribution >= 4 is 10.9 Å². The average Bonchev–Trinajstić information content (AvgIpc) is 2.99. The molecule has 1 aliphatic rings. The second kappa shape index (κ2) is 3.91. The Kier molecular flexibility index (Phi) is 1.92. The predicted octanol–water partition coefficient (Wildman–Crippen LogP) is 2.60. The van der Waals surface area contributed by atoms with Crippen LogP contribution in [0.3, 0.4) is 0 Å². The van der Waals surface area contributed by atoms with Gasteiger partial charge in [-0.3, -0.25) is 0 Å². The number of H-pyrrole nitrogens is 1. The molecule has 0 spiro atoms. The van der Waals surface area contributed by atoms with Crippen LogP contribution in [0.15, 0.2) is 24.4 Å². The number of hydrogen-bond acceptors (Lipinski definition) is 1. The van der Waals surface area contributed by atoms with Crippen LogP contribution in [0.4, 0.5) is 4.39 Å². The van der Waals surface area contributed by atoms with E-state index in [4.69, 9.17) is 2.74 Å². The third kappa shape index (κ3) is 1.61. The Hall–Kier alpha value is -1.35. The van der Waals surface area contributed by atoms with Crippen LogP contribution in [-0.2, 0) is 6.37 Å². The molecular weight excluding hydrogens is 203 g/mol. The molecule has 1 atom stereocenters. The molecule has 84 valence electrons. The smallest absolute Gasteiger partial charge is 0.132 e. The first kappa shape index (κ1) is 7.85. The van der Waals surface area contributed by atoms with Crippen molar-refractivity contribution in [1.29, 1.82) is 0 Å². The van der Waals surface area contributed by atoms with Gasteiger partial charge in [0.15, 0.2) is 0 Å². The Morgan fingerprint density at radius 3 is 3.25 bits per heavy atom. The van der Waals surface area contributed by atoms with E-state index in [-0.39, 0.29) is 11.9 Å². The van der Waals surface area contributed by atoms with Gasteiger partial charge >= 0.3 is 0 Å². The molecular formula is C13H15FN2. The summed E-state index contributed by atoms with van der Waals surface area (Å²) in [4.78, 5) is 2.95. The Morgan fingerprint density at radius 2 is 2.44 bits per heavy atom. The van der Waals surface area contributed by atoms with Gasteiger partial charge in [0.1, 0.15) is 5.82 Å². The maximum Gasteiger partial charge on any atom is 0.132 e. The molecule has 2 aromatic rings. The fourth-order valence-electron chi connectivity index (χ4n) is 2.25. The fourth-order valence-corrected chi connectivity index (χ4v) is 2.25. The van der Waals surface area contributed by atoms with Crippen LogP contribution in [0.1, 0.15) is 21.1 Å². The molecule has 0 aliphatic carbocycles. The van der Waals surface area contributed by atoms with E-state index < -0.39 is 6.37 Å². The van der Waals surface area contributed by atoms with E-state index in [1.807, 2.05) is 0 Å². The van der Waals surface area contributed by atoms with Crippen molar-refractivity contribution in [2.45, 2.75) is 25.3 Å². The summed E-state index contributed by atoms with van der Waals surface area (Å²) in [6, 6.07) is 4.52. The van der Waals surface area contributed by atoms with Crippen LogP contribution >= 0.6 is 0 Å².